The Bertz CT molecular complexity index is 560. The highest BCUT2D eigenvalue weighted by Gasteiger charge is 2.09. The quantitative estimate of drug-likeness (QED) is 0.869. The van der Waals surface area contributed by atoms with Crippen LogP contribution in [0.5, 0.6) is 0 Å². The number of anilines is 1. The zero-order valence-electron chi connectivity index (χ0n) is 11.3. The van der Waals surface area contributed by atoms with Gasteiger partial charge >= 0.3 is 0 Å². The molecule has 1 aromatic heterocycles. The van der Waals surface area contributed by atoms with E-state index in [4.69, 9.17) is 0 Å². The summed E-state index contributed by atoms with van der Waals surface area (Å²) in [6.45, 7) is 5.24. The molecule has 2 N–H and O–H groups in total. The smallest absolute Gasteiger partial charge is 0.0373 e. The molecule has 2 heterocycles. The lowest BCUT2D eigenvalue weighted by Gasteiger charge is -2.07. The summed E-state index contributed by atoms with van der Waals surface area (Å²) >= 11 is 1.86. The second kappa shape index (κ2) is 5.76. The minimum Gasteiger partial charge on any atom is -0.384 e. The van der Waals surface area contributed by atoms with Crippen LogP contribution in [-0.4, -0.2) is 6.54 Å². The Labute approximate surface area is 118 Å². The van der Waals surface area contributed by atoms with Gasteiger partial charge in [-0.3, -0.25) is 0 Å². The molecule has 0 saturated carbocycles. The first kappa shape index (κ1) is 12.7. The molecule has 3 heteroatoms. The van der Waals surface area contributed by atoms with Crippen molar-refractivity contribution >= 4 is 17.0 Å². The van der Waals surface area contributed by atoms with Crippen molar-refractivity contribution in [2.24, 2.45) is 0 Å². The summed E-state index contributed by atoms with van der Waals surface area (Å²) in [5, 5.41) is 9.15. The molecular formula is C16H20N2S. The molecule has 1 aliphatic heterocycles. The molecule has 0 radical (unpaired) electrons. The second-order valence-electron chi connectivity index (χ2n) is 4.99. The summed E-state index contributed by atoms with van der Waals surface area (Å²) in [5.74, 6) is 0. The summed E-state index contributed by atoms with van der Waals surface area (Å²) in [6, 6.07) is 9.00. The Morgan fingerprint density at radius 2 is 2.21 bits per heavy atom. The summed E-state index contributed by atoms with van der Waals surface area (Å²) in [6.07, 6.45) is 2.29. The predicted octanol–water partition coefficient (Wildman–Crippen LogP) is 3.57. The lowest BCUT2D eigenvalue weighted by atomic mass is 10.1. The van der Waals surface area contributed by atoms with E-state index in [0.29, 0.717) is 0 Å². The van der Waals surface area contributed by atoms with Gasteiger partial charge in [0.2, 0.25) is 0 Å². The molecule has 0 fully saturated rings. The van der Waals surface area contributed by atoms with E-state index in [-0.39, 0.29) is 0 Å². The lowest BCUT2D eigenvalue weighted by Crippen LogP contribution is -2.12. The van der Waals surface area contributed by atoms with Gasteiger partial charge in [-0.05, 0) is 47.0 Å². The van der Waals surface area contributed by atoms with E-state index < -0.39 is 0 Å². The van der Waals surface area contributed by atoms with Crippen LogP contribution in [0.25, 0.3) is 0 Å². The maximum Gasteiger partial charge on any atom is 0.0373 e. The minimum absolute atomic E-state index is 0.953. The molecule has 0 aliphatic carbocycles. The third-order valence-corrected chi connectivity index (χ3v) is 4.68. The van der Waals surface area contributed by atoms with E-state index in [9.17, 15) is 0 Å². The van der Waals surface area contributed by atoms with E-state index in [0.717, 1.165) is 32.5 Å². The van der Waals surface area contributed by atoms with Crippen LogP contribution in [-0.2, 0) is 25.9 Å². The van der Waals surface area contributed by atoms with Crippen molar-refractivity contribution < 1.29 is 0 Å². The zero-order valence-corrected chi connectivity index (χ0v) is 12.1. The fraction of sp³-hybridized carbons (Fsp3) is 0.375. The first-order valence-corrected chi connectivity index (χ1v) is 7.86. The van der Waals surface area contributed by atoms with E-state index in [1.54, 1.807) is 0 Å². The van der Waals surface area contributed by atoms with Gasteiger partial charge in [0.05, 0.1) is 0 Å². The van der Waals surface area contributed by atoms with Gasteiger partial charge in [-0.25, -0.2) is 0 Å². The van der Waals surface area contributed by atoms with Crippen LogP contribution < -0.4 is 10.6 Å². The average Bonchev–Trinajstić information content (AvgIpc) is 3.06. The molecule has 100 valence electrons. The number of hydrogen-bond acceptors (Lipinski definition) is 3. The highest BCUT2D eigenvalue weighted by molar-refractivity contribution is 7.10. The largest absolute Gasteiger partial charge is 0.384 e. The number of thiophene rings is 1. The molecule has 0 saturated heterocycles. The standard InChI is InChI=1S/C16H20N2S/c1-2-13-6-8-19-16(13)11-17-10-12-3-4-15-14(9-12)5-7-18-15/h3-4,6,8-9,17-18H,2,5,7,10-11H2,1H3. The molecule has 19 heavy (non-hydrogen) atoms. The van der Waals surface area contributed by atoms with Crippen LogP contribution in [0.3, 0.4) is 0 Å². The Hall–Kier alpha value is -1.32. The number of fused-ring (bicyclic) bond motifs is 1. The molecule has 0 atom stereocenters. The fourth-order valence-corrected chi connectivity index (χ4v) is 3.57. The monoisotopic (exact) mass is 272 g/mol. The van der Waals surface area contributed by atoms with Crippen LogP contribution in [0.1, 0.15) is 28.5 Å². The molecule has 2 aromatic rings. The third kappa shape index (κ3) is 2.82. The zero-order chi connectivity index (χ0) is 13.1. The minimum atomic E-state index is 0.953. The summed E-state index contributed by atoms with van der Waals surface area (Å²) in [4.78, 5) is 1.48. The van der Waals surface area contributed by atoms with Gasteiger partial charge in [-0.2, -0.15) is 0 Å². The molecule has 0 spiro atoms. The molecule has 3 rings (SSSR count). The van der Waals surface area contributed by atoms with Gasteiger partial charge in [-0.1, -0.05) is 19.1 Å². The SMILES string of the molecule is CCc1ccsc1CNCc1ccc2c(c1)CCN2. The molecular weight excluding hydrogens is 252 g/mol. The van der Waals surface area contributed by atoms with Crippen molar-refractivity contribution in [3.05, 3.63) is 51.2 Å². The van der Waals surface area contributed by atoms with Crippen molar-refractivity contribution in [1.82, 2.24) is 5.32 Å². The van der Waals surface area contributed by atoms with Crippen molar-refractivity contribution in [3.63, 3.8) is 0 Å². The molecule has 2 nitrogen and oxygen atoms in total. The summed E-state index contributed by atoms with van der Waals surface area (Å²) in [5.41, 5.74) is 5.65. The predicted molar refractivity (Wildman–Crippen MR) is 82.9 cm³/mol. The van der Waals surface area contributed by atoms with E-state index in [1.807, 2.05) is 11.3 Å². The van der Waals surface area contributed by atoms with Crippen LogP contribution in [0, 0.1) is 0 Å². The number of rotatable bonds is 5. The van der Waals surface area contributed by atoms with Crippen LogP contribution in [0.2, 0.25) is 0 Å². The number of hydrogen-bond donors (Lipinski definition) is 2. The van der Waals surface area contributed by atoms with Crippen LogP contribution in [0.15, 0.2) is 29.6 Å². The number of nitrogens with one attached hydrogen (secondary N) is 2. The second-order valence-corrected chi connectivity index (χ2v) is 6.00. The van der Waals surface area contributed by atoms with Crippen molar-refractivity contribution in [3.8, 4) is 0 Å². The average molecular weight is 272 g/mol. The normalized spacial score (nSPS) is 13.3. The molecule has 0 unspecified atom stereocenters. The van der Waals surface area contributed by atoms with Crippen LogP contribution >= 0.6 is 11.3 Å². The Morgan fingerprint density at radius 3 is 3.11 bits per heavy atom. The summed E-state index contributed by atoms with van der Waals surface area (Å²) in [7, 11) is 0. The van der Waals surface area contributed by atoms with Gasteiger partial charge in [0.25, 0.3) is 0 Å². The Kier molecular flexibility index (Phi) is 3.85. The highest BCUT2D eigenvalue weighted by Crippen LogP contribution is 2.23. The highest BCUT2D eigenvalue weighted by atomic mass is 32.1. The van der Waals surface area contributed by atoms with Crippen LogP contribution in [0.4, 0.5) is 5.69 Å². The molecule has 0 bridgehead atoms. The lowest BCUT2D eigenvalue weighted by molar-refractivity contribution is 0.696. The first-order chi connectivity index (χ1) is 9.36. The van der Waals surface area contributed by atoms with Gasteiger partial charge in [0.15, 0.2) is 0 Å². The third-order valence-electron chi connectivity index (χ3n) is 3.71. The van der Waals surface area contributed by atoms with Crippen molar-refractivity contribution in [2.45, 2.75) is 32.9 Å². The summed E-state index contributed by atoms with van der Waals surface area (Å²) < 4.78 is 0. The molecule has 1 aliphatic rings. The van der Waals surface area contributed by atoms with Crippen molar-refractivity contribution in [2.75, 3.05) is 11.9 Å². The fourth-order valence-electron chi connectivity index (χ4n) is 2.63. The van der Waals surface area contributed by atoms with Gasteiger partial charge in [-0.15, -0.1) is 11.3 Å². The van der Waals surface area contributed by atoms with Gasteiger partial charge in [0.1, 0.15) is 0 Å². The first-order valence-electron chi connectivity index (χ1n) is 6.98. The maximum absolute atomic E-state index is 3.56. The number of aryl methyl sites for hydroxylation is 1. The van der Waals surface area contributed by atoms with E-state index >= 15 is 0 Å². The van der Waals surface area contributed by atoms with Crippen molar-refractivity contribution in [1.29, 1.82) is 0 Å². The topological polar surface area (TPSA) is 24.1 Å². The Balaban J connectivity index is 1.58. The molecule has 0 amide bonds. The van der Waals surface area contributed by atoms with Gasteiger partial charge in [0, 0.05) is 30.2 Å². The number of benzene rings is 1. The molecule has 1 aromatic carbocycles. The van der Waals surface area contributed by atoms with E-state index in [2.05, 4.69) is 47.2 Å². The maximum atomic E-state index is 3.56. The Morgan fingerprint density at radius 1 is 1.26 bits per heavy atom. The van der Waals surface area contributed by atoms with Gasteiger partial charge < -0.3 is 10.6 Å². The van der Waals surface area contributed by atoms with E-state index in [1.165, 1.54) is 27.3 Å².